The summed E-state index contributed by atoms with van der Waals surface area (Å²) < 4.78 is 1.19. The Morgan fingerprint density at radius 1 is 1.35 bits per heavy atom. The Balaban J connectivity index is 1.69. The Hall–Kier alpha value is -0.380. The molecule has 1 unspecified atom stereocenters. The zero-order chi connectivity index (χ0) is 11.7. The van der Waals surface area contributed by atoms with Crippen molar-refractivity contribution in [2.75, 3.05) is 19.6 Å². The molecule has 92 valence electrons. The van der Waals surface area contributed by atoms with Crippen molar-refractivity contribution < 1.29 is 0 Å². The number of nitrogens with zero attached hydrogens (tertiary/aromatic N) is 1. The number of hydrogen-bond acceptors (Lipinski definition) is 2. The van der Waals surface area contributed by atoms with Crippen LogP contribution in [0.2, 0.25) is 0 Å². The second-order valence-corrected chi connectivity index (χ2v) is 6.12. The SMILES string of the molecule is Brc1cccc(CN2CCNCC2C2CC2)c1. The van der Waals surface area contributed by atoms with Gasteiger partial charge in [-0.2, -0.15) is 0 Å². The summed E-state index contributed by atoms with van der Waals surface area (Å²) in [5.41, 5.74) is 1.42. The lowest BCUT2D eigenvalue weighted by Crippen LogP contribution is -2.51. The molecule has 1 aliphatic carbocycles. The van der Waals surface area contributed by atoms with E-state index in [0.29, 0.717) is 0 Å². The molecule has 2 fully saturated rings. The van der Waals surface area contributed by atoms with Crippen LogP contribution < -0.4 is 5.32 Å². The van der Waals surface area contributed by atoms with Crippen LogP contribution >= 0.6 is 15.9 Å². The van der Waals surface area contributed by atoms with Crippen LogP contribution in [0, 0.1) is 5.92 Å². The average molecular weight is 295 g/mol. The van der Waals surface area contributed by atoms with E-state index in [1.54, 1.807) is 0 Å². The third kappa shape index (κ3) is 2.90. The molecule has 1 heterocycles. The minimum atomic E-state index is 0.766. The molecule has 1 aromatic rings. The first-order chi connectivity index (χ1) is 8.33. The van der Waals surface area contributed by atoms with Gasteiger partial charge in [0.05, 0.1) is 0 Å². The summed E-state index contributed by atoms with van der Waals surface area (Å²) in [6, 6.07) is 9.47. The van der Waals surface area contributed by atoms with Crippen LogP contribution in [-0.2, 0) is 6.54 Å². The van der Waals surface area contributed by atoms with E-state index in [4.69, 9.17) is 0 Å². The first kappa shape index (κ1) is 11.7. The van der Waals surface area contributed by atoms with Crippen molar-refractivity contribution in [3.63, 3.8) is 0 Å². The summed E-state index contributed by atoms with van der Waals surface area (Å²) >= 11 is 3.55. The maximum atomic E-state index is 3.55. The van der Waals surface area contributed by atoms with E-state index >= 15 is 0 Å². The second kappa shape index (κ2) is 5.09. The highest BCUT2D eigenvalue weighted by Gasteiger charge is 2.36. The molecule has 1 aromatic carbocycles. The monoisotopic (exact) mass is 294 g/mol. The fourth-order valence-corrected chi connectivity index (χ4v) is 3.23. The molecule has 2 nitrogen and oxygen atoms in total. The number of halogens is 1. The molecule has 1 saturated carbocycles. The summed E-state index contributed by atoms with van der Waals surface area (Å²) in [5.74, 6) is 0.954. The van der Waals surface area contributed by atoms with Crippen LogP contribution in [0.5, 0.6) is 0 Å². The van der Waals surface area contributed by atoms with Gasteiger partial charge in [-0.25, -0.2) is 0 Å². The van der Waals surface area contributed by atoms with Crippen LogP contribution in [0.25, 0.3) is 0 Å². The topological polar surface area (TPSA) is 15.3 Å². The van der Waals surface area contributed by atoms with Crippen molar-refractivity contribution in [3.05, 3.63) is 34.3 Å². The Morgan fingerprint density at radius 2 is 2.24 bits per heavy atom. The van der Waals surface area contributed by atoms with E-state index in [0.717, 1.165) is 25.0 Å². The van der Waals surface area contributed by atoms with Crippen LogP contribution in [-0.4, -0.2) is 30.6 Å². The Labute approximate surface area is 112 Å². The average Bonchev–Trinajstić information content (AvgIpc) is 3.14. The zero-order valence-corrected chi connectivity index (χ0v) is 11.6. The summed E-state index contributed by atoms with van der Waals surface area (Å²) in [6.45, 7) is 4.60. The van der Waals surface area contributed by atoms with E-state index in [2.05, 4.69) is 50.4 Å². The van der Waals surface area contributed by atoms with Gasteiger partial charge in [0.1, 0.15) is 0 Å². The maximum absolute atomic E-state index is 3.55. The summed E-state index contributed by atoms with van der Waals surface area (Å²) in [7, 11) is 0. The molecule has 1 atom stereocenters. The van der Waals surface area contributed by atoms with Crippen molar-refractivity contribution in [3.8, 4) is 0 Å². The smallest absolute Gasteiger partial charge is 0.0252 e. The van der Waals surface area contributed by atoms with Crippen molar-refractivity contribution in [2.45, 2.75) is 25.4 Å². The molecule has 2 aliphatic rings. The van der Waals surface area contributed by atoms with Crippen LogP contribution in [0.15, 0.2) is 28.7 Å². The second-order valence-electron chi connectivity index (χ2n) is 5.21. The summed E-state index contributed by atoms with van der Waals surface area (Å²) in [4.78, 5) is 2.66. The fraction of sp³-hybridized carbons (Fsp3) is 0.571. The van der Waals surface area contributed by atoms with Gasteiger partial charge in [0.2, 0.25) is 0 Å². The van der Waals surface area contributed by atoms with E-state index in [1.165, 1.54) is 36.0 Å². The largest absolute Gasteiger partial charge is 0.314 e. The van der Waals surface area contributed by atoms with Crippen molar-refractivity contribution in [1.82, 2.24) is 10.2 Å². The minimum absolute atomic E-state index is 0.766. The predicted octanol–water partition coefficient (Wildman–Crippen LogP) is 2.63. The Kier molecular flexibility index (Phi) is 3.50. The van der Waals surface area contributed by atoms with E-state index in [-0.39, 0.29) is 0 Å². The lowest BCUT2D eigenvalue weighted by atomic mass is 10.1. The Bertz CT molecular complexity index is 390. The molecular formula is C14H19BrN2. The van der Waals surface area contributed by atoms with Gasteiger partial charge in [0, 0.05) is 36.7 Å². The third-order valence-corrected chi connectivity index (χ3v) is 4.33. The van der Waals surface area contributed by atoms with Gasteiger partial charge in [-0.1, -0.05) is 28.1 Å². The van der Waals surface area contributed by atoms with Crippen LogP contribution in [0.3, 0.4) is 0 Å². The first-order valence-electron chi connectivity index (χ1n) is 6.52. The van der Waals surface area contributed by atoms with Gasteiger partial charge in [0.15, 0.2) is 0 Å². The highest BCUT2D eigenvalue weighted by atomic mass is 79.9. The molecule has 3 heteroatoms. The summed E-state index contributed by atoms with van der Waals surface area (Å²) in [5, 5.41) is 3.53. The molecule has 1 N–H and O–H groups in total. The molecular weight excluding hydrogens is 276 g/mol. The van der Waals surface area contributed by atoms with Crippen molar-refractivity contribution in [2.24, 2.45) is 5.92 Å². The van der Waals surface area contributed by atoms with Gasteiger partial charge < -0.3 is 5.32 Å². The van der Waals surface area contributed by atoms with Crippen molar-refractivity contribution in [1.29, 1.82) is 0 Å². The number of piperazine rings is 1. The number of rotatable bonds is 3. The molecule has 0 radical (unpaired) electrons. The van der Waals surface area contributed by atoms with Gasteiger partial charge >= 0.3 is 0 Å². The van der Waals surface area contributed by atoms with Gasteiger partial charge in [-0.3, -0.25) is 4.90 Å². The Morgan fingerprint density at radius 3 is 3.00 bits per heavy atom. The number of hydrogen-bond donors (Lipinski definition) is 1. The normalized spacial score (nSPS) is 26.1. The highest BCUT2D eigenvalue weighted by Crippen LogP contribution is 2.36. The lowest BCUT2D eigenvalue weighted by Gasteiger charge is -2.36. The predicted molar refractivity (Wildman–Crippen MR) is 73.9 cm³/mol. The van der Waals surface area contributed by atoms with Crippen LogP contribution in [0.4, 0.5) is 0 Å². The quantitative estimate of drug-likeness (QED) is 0.922. The summed E-state index contributed by atoms with van der Waals surface area (Å²) in [6.07, 6.45) is 2.86. The fourth-order valence-electron chi connectivity index (χ4n) is 2.78. The number of nitrogens with one attached hydrogen (secondary N) is 1. The molecule has 1 aliphatic heterocycles. The highest BCUT2D eigenvalue weighted by molar-refractivity contribution is 9.10. The van der Waals surface area contributed by atoms with Crippen LogP contribution in [0.1, 0.15) is 18.4 Å². The molecule has 0 bridgehead atoms. The molecule has 1 saturated heterocycles. The van der Waals surface area contributed by atoms with Gasteiger partial charge in [-0.15, -0.1) is 0 Å². The third-order valence-electron chi connectivity index (χ3n) is 3.84. The maximum Gasteiger partial charge on any atom is 0.0252 e. The minimum Gasteiger partial charge on any atom is -0.314 e. The molecule has 3 rings (SSSR count). The first-order valence-corrected chi connectivity index (χ1v) is 7.31. The van der Waals surface area contributed by atoms with Gasteiger partial charge in [0.25, 0.3) is 0 Å². The zero-order valence-electron chi connectivity index (χ0n) is 10.0. The lowest BCUT2D eigenvalue weighted by molar-refractivity contribution is 0.135. The number of benzene rings is 1. The molecule has 0 amide bonds. The molecule has 0 aromatic heterocycles. The van der Waals surface area contributed by atoms with Gasteiger partial charge in [-0.05, 0) is 36.5 Å². The molecule has 17 heavy (non-hydrogen) atoms. The van der Waals surface area contributed by atoms with E-state index in [1.807, 2.05) is 0 Å². The van der Waals surface area contributed by atoms with E-state index in [9.17, 15) is 0 Å². The van der Waals surface area contributed by atoms with Crippen molar-refractivity contribution >= 4 is 15.9 Å². The van der Waals surface area contributed by atoms with E-state index < -0.39 is 0 Å². The molecule has 0 spiro atoms. The standard InChI is InChI=1S/C14H19BrN2/c15-13-3-1-2-11(8-13)10-17-7-6-16-9-14(17)12-4-5-12/h1-3,8,12,14,16H,4-7,9-10H2.